The van der Waals surface area contributed by atoms with Crippen LogP contribution in [0.4, 0.5) is 0 Å². The van der Waals surface area contributed by atoms with E-state index in [0.717, 1.165) is 10.0 Å². The highest BCUT2D eigenvalue weighted by Gasteiger charge is 2.10. The van der Waals surface area contributed by atoms with Crippen LogP contribution in [0.2, 0.25) is 0 Å². The van der Waals surface area contributed by atoms with Crippen molar-refractivity contribution in [2.75, 3.05) is 6.61 Å². The molecule has 3 nitrogen and oxygen atoms in total. The lowest BCUT2D eigenvalue weighted by atomic mass is 10.2. The average Bonchev–Trinajstić information content (AvgIpc) is 2.34. The first-order valence-electron chi connectivity index (χ1n) is 4.89. The molecular formula is C13H11BrO3. The van der Waals surface area contributed by atoms with Crippen LogP contribution in [0.25, 0.3) is 6.08 Å². The SMILES string of the molecule is C=CCOC(=O)C(=O)/C=C/c1ccccc1Br. The van der Waals surface area contributed by atoms with E-state index in [1.165, 1.54) is 12.2 Å². The molecule has 0 saturated carbocycles. The van der Waals surface area contributed by atoms with Crippen LogP contribution < -0.4 is 0 Å². The molecule has 0 heterocycles. The van der Waals surface area contributed by atoms with Gasteiger partial charge in [-0.2, -0.15) is 0 Å². The summed E-state index contributed by atoms with van der Waals surface area (Å²) >= 11 is 3.33. The largest absolute Gasteiger partial charge is 0.455 e. The minimum absolute atomic E-state index is 0.0352. The van der Waals surface area contributed by atoms with Crippen molar-refractivity contribution in [3.8, 4) is 0 Å². The Morgan fingerprint density at radius 2 is 2.06 bits per heavy atom. The van der Waals surface area contributed by atoms with Crippen LogP contribution in [0.3, 0.4) is 0 Å². The van der Waals surface area contributed by atoms with Crippen molar-refractivity contribution in [3.05, 3.63) is 53.0 Å². The number of hydrogen-bond donors (Lipinski definition) is 0. The fraction of sp³-hybridized carbons (Fsp3) is 0.0769. The smallest absolute Gasteiger partial charge is 0.379 e. The third-order valence-corrected chi connectivity index (χ3v) is 2.58. The molecule has 0 bridgehead atoms. The number of esters is 1. The number of carbonyl (C=O) groups excluding carboxylic acids is 2. The number of halogens is 1. The molecule has 0 unspecified atom stereocenters. The van der Waals surface area contributed by atoms with E-state index in [2.05, 4.69) is 27.2 Å². The first-order valence-corrected chi connectivity index (χ1v) is 5.69. The van der Waals surface area contributed by atoms with Gasteiger partial charge in [-0.15, -0.1) is 0 Å². The number of benzene rings is 1. The maximum absolute atomic E-state index is 11.3. The molecule has 0 aliphatic carbocycles. The van der Waals surface area contributed by atoms with Gasteiger partial charge in [0.15, 0.2) is 0 Å². The van der Waals surface area contributed by atoms with Gasteiger partial charge in [0, 0.05) is 4.47 Å². The van der Waals surface area contributed by atoms with Crippen molar-refractivity contribution < 1.29 is 14.3 Å². The first-order chi connectivity index (χ1) is 8.15. The molecule has 0 aliphatic heterocycles. The van der Waals surface area contributed by atoms with Crippen LogP contribution in [0.15, 0.2) is 47.5 Å². The molecule has 0 aromatic heterocycles. The average molecular weight is 295 g/mol. The standard InChI is InChI=1S/C13H11BrO3/c1-2-9-17-13(16)12(15)8-7-10-5-3-4-6-11(10)14/h2-8H,1,9H2/b8-7+. The van der Waals surface area contributed by atoms with E-state index < -0.39 is 11.8 Å². The van der Waals surface area contributed by atoms with Gasteiger partial charge in [-0.1, -0.05) is 46.8 Å². The van der Waals surface area contributed by atoms with Gasteiger partial charge in [-0.3, -0.25) is 4.79 Å². The summed E-state index contributed by atoms with van der Waals surface area (Å²) in [6.45, 7) is 3.42. The maximum atomic E-state index is 11.3. The summed E-state index contributed by atoms with van der Waals surface area (Å²) in [5.41, 5.74) is 0.817. The molecule has 0 N–H and O–H groups in total. The Morgan fingerprint density at radius 1 is 1.35 bits per heavy atom. The van der Waals surface area contributed by atoms with Gasteiger partial charge in [-0.05, 0) is 23.8 Å². The quantitative estimate of drug-likeness (QED) is 0.363. The van der Waals surface area contributed by atoms with E-state index in [0.29, 0.717) is 0 Å². The minimum atomic E-state index is -0.881. The predicted octanol–water partition coefficient (Wildman–Crippen LogP) is 2.76. The van der Waals surface area contributed by atoms with Crippen molar-refractivity contribution in [1.82, 2.24) is 0 Å². The first kappa shape index (κ1) is 13.4. The molecule has 0 amide bonds. The molecule has 0 spiro atoms. The van der Waals surface area contributed by atoms with E-state index in [-0.39, 0.29) is 6.61 Å². The number of ketones is 1. The monoisotopic (exact) mass is 294 g/mol. The van der Waals surface area contributed by atoms with Crippen LogP contribution in [0, 0.1) is 0 Å². The van der Waals surface area contributed by atoms with Gasteiger partial charge in [0.1, 0.15) is 6.61 Å². The minimum Gasteiger partial charge on any atom is -0.455 e. The maximum Gasteiger partial charge on any atom is 0.379 e. The lowest BCUT2D eigenvalue weighted by Crippen LogP contribution is -2.14. The molecule has 1 aromatic rings. The van der Waals surface area contributed by atoms with E-state index in [1.807, 2.05) is 24.3 Å². The third kappa shape index (κ3) is 4.36. The lowest BCUT2D eigenvalue weighted by molar-refractivity contribution is -0.150. The predicted molar refractivity (Wildman–Crippen MR) is 69.3 cm³/mol. The van der Waals surface area contributed by atoms with Gasteiger partial charge in [0.05, 0.1) is 0 Å². The van der Waals surface area contributed by atoms with Crippen molar-refractivity contribution >= 4 is 33.8 Å². The molecule has 0 fully saturated rings. The third-order valence-electron chi connectivity index (χ3n) is 1.85. The van der Waals surface area contributed by atoms with E-state index >= 15 is 0 Å². The summed E-state index contributed by atoms with van der Waals surface area (Å²) in [6, 6.07) is 7.37. The summed E-state index contributed by atoms with van der Waals surface area (Å²) in [5.74, 6) is -1.57. The molecule has 1 aromatic carbocycles. The van der Waals surface area contributed by atoms with Crippen LogP contribution >= 0.6 is 15.9 Å². The zero-order chi connectivity index (χ0) is 12.7. The van der Waals surface area contributed by atoms with E-state index in [9.17, 15) is 9.59 Å². The highest BCUT2D eigenvalue weighted by Crippen LogP contribution is 2.16. The van der Waals surface area contributed by atoms with Crippen LogP contribution in [0.1, 0.15) is 5.56 Å². The molecule has 17 heavy (non-hydrogen) atoms. The number of hydrogen-bond acceptors (Lipinski definition) is 3. The summed E-state index contributed by atoms with van der Waals surface area (Å²) in [4.78, 5) is 22.4. The van der Waals surface area contributed by atoms with Gasteiger partial charge < -0.3 is 4.74 Å². The molecule has 4 heteroatoms. The second kappa shape index (κ2) is 6.81. The fourth-order valence-corrected chi connectivity index (χ4v) is 1.47. The Bertz CT molecular complexity index is 463. The second-order valence-electron chi connectivity index (χ2n) is 3.11. The second-order valence-corrected chi connectivity index (χ2v) is 3.96. The molecular weight excluding hydrogens is 284 g/mol. The molecule has 88 valence electrons. The summed E-state index contributed by atoms with van der Waals surface area (Å²) in [7, 11) is 0. The zero-order valence-corrected chi connectivity index (χ0v) is 10.6. The van der Waals surface area contributed by atoms with Crippen molar-refractivity contribution in [2.45, 2.75) is 0 Å². The number of carbonyl (C=O) groups is 2. The molecule has 1 rings (SSSR count). The van der Waals surface area contributed by atoms with Crippen molar-refractivity contribution in [1.29, 1.82) is 0 Å². The molecule has 0 radical (unpaired) electrons. The Morgan fingerprint density at radius 3 is 2.71 bits per heavy atom. The Balaban J connectivity index is 2.65. The molecule has 0 atom stereocenters. The van der Waals surface area contributed by atoms with Gasteiger partial charge >= 0.3 is 5.97 Å². The molecule has 0 aliphatic rings. The van der Waals surface area contributed by atoms with Crippen molar-refractivity contribution in [3.63, 3.8) is 0 Å². The zero-order valence-electron chi connectivity index (χ0n) is 9.06. The lowest BCUT2D eigenvalue weighted by Gasteiger charge is -1.98. The van der Waals surface area contributed by atoms with Crippen LogP contribution in [-0.2, 0) is 14.3 Å². The van der Waals surface area contributed by atoms with Gasteiger partial charge in [0.25, 0.3) is 5.78 Å². The fourth-order valence-electron chi connectivity index (χ4n) is 1.05. The highest BCUT2D eigenvalue weighted by atomic mass is 79.9. The summed E-state index contributed by atoms with van der Waals surface area (Å²) in [5, 5.41) is 0. The highest BCUT2D eigenvalue weighted by molar-refractivity contribution is 9.10. The van der Waals surface area contributed by atoms with Crippen molar-refractivity contribution in [2.24, 2.45) is 0 Å². The Labute approximate surface area is 108 Å². The summed E-state index contributed by atoms with van der Waals surface area (Å²) < 4.78 is 5.45. The topological polar surface area (TPSA) is 43.4 Å². The Hall–Kier alpha value is -1.68. The van der Waals surface area contributed by atoms with E-state index in [4.69, 9.17) is 0 Å². The van der Waals surface area contributed by atoms with E-state index in [1.54, 1.807) is 6.08 Å². The normalized spacial score (nSPS) is 10.2. The number of ether oxygens (including phenoxy) is 1. The van der Waals surface area contributed by atoms with Gasteiger partial charge in [-0.25, -0.2) is 4.79 Å². The molecule has 0 saturated heterocycles. The number of rotatable bonds is 5. The summed E-state index contributed by atoms with van der Waals surface area (Å²) in [6.07, 6.45) is 4.15. The van der Waals surface area contributed by atoms with Gasteiger partial charge in [0.2, 0.25) is 0 Å². The van der Waals surface area contributed by atoms with Crippen LogP contribution in [-0.4, -0.2) is 18.4 Å². The van der Waals surface area contributed by atoms with Crippen LogP contribution in [0.5, 0.6) is 0 Å². The Kier molecular flexibility index (Phi) is 5.36.